The smallest absolute Gasteiger partial charge is 0.321 e. The van der Waals surface area contributed by atoms with E-state index in [1.807, 2.05) is 30.3 Å². The summed E-state index contributed by atoms with van der Waals surface area (Å²) in [7, 11) is 1.17. The molecule has 0 fully saturated rings. The number of ketones is 1. The van der Waals surface area contributed by atoms with Crippen LogP contribution in [0.5, 0.6) is 0 Å². The van der Waals surface area contributed by atoms with Crippen LogP contribution in [0.3, 0.4) is 0 Å². The number of ether oxygens (including phenoxy) is 1. The van der Waals surface area contributed by atoms with E-state index in [0.717, 1.165) is 5.56 Å². The highest BCUT2D eigenvalue weighted by Crippen LogP contribution is 2.24. The molecule has 2 aromatic carbocycles. The number of carbonyl (C=O) groups excluding carboxylic acids is 2. The molecular formula is C18H15NO5. The Morgan fingerprint density at radius 1 is 1.12 bits per heavy atom. The molecule has 24 heavy (non-hydrogen) atoms. The number of nitrogens with zero attached hydrogens (tertiary/aromatic N) is 1. The normalized spacial score (nSPS) is 11.9. The van der Waals surface area contributed by atoms with Gasteiger partial charge in [0.15, 0.2) is 5.78 Å². The molecule has 122 valence electrons. The molecule has 6 heteroatoms. The number of benzene rings is 2. The molecule has 0 N–H and O–H groups in total. The van der Waals surface area contributed by atoms with E-state index < -0.39 is 22.6 Å². The molecule has 0 aliphatic heterocycles. The van der Waals surface area contributed by atoms with Gasteiger partial charge in [0.1, 0.15) is 5.92 Å². The van der Waals surface area contributed by atoms with Gasteiger partial charge in [-0.15, -0.1) is 0 Å². The van der Waals surface area contributed by atoms with Crippen molar-refractivity contribution >= 4 is 23.5 Å². The zero-order chi connectivity index (χ0) is 17.5. The molecule has 2 aromatic rings. The van der Waals surface area contributed by atoms with E-state index in [4.69, 9.17) is 0 Å². The van der Waals surface area contributed by atoms with Crippen molar-refractivity contribution < 1.29 is 19.2 Å². The maximum absolute atomic E-state index is 12.4. The molecule has 0 aliphatic rings. The summed E-state index contributed by atoms with van der Waals surface area (Å²) in [6.45, 7) is 0. The van der Waals surface area contributed by atoms with Gasteiger partial charge in [0, 0.05) is 12.1 Å². The van der Waals surface area contributed by atoms with Gasteiger partial charge in [-0.05, 0) is 17.2 Å². The average Bonchev–Trinajstić information content (AvgIpc) is 2.61. The first kappa shape index (κ1) is 17.1. The van der Waals surface area contributed by atoms with Crippen LogP contribution in [0.4, 0.5) is 5.69 Å². The third-order valence-electron chi connectivity index (χ3n) is 3.38. The first-order valence-corrected chi connectivity index (χ1v) is 7.12. The van der Waals surface area contributed by atoms with Gasteiger partial charge in [-0.1, -0.05) is 48.5 Å². The van der Waals surface area contributed by atoms with Crippen molar-refractivity contribution in [2.24, 2.45) is 0 Å². The van der Waals surface area contributed by atoms with Crippen LogP contribution < -0.4 is 0 Å². The van der Waals surface area contributed by atoms with Crippen molar-refractivity contribution in [1.82, 2.24) is 0 Å². The van der Waals surface area contributed by atoms with Gasteiger partial charge in [-0.25, -0.2) is 0 Å². The van der Waals surface area contributed by atoms with Gasteiger partial charge < -0.3 is 4.74 Å². The predicted molar refractivity (Wildman–Crippen MR) is 88.3 cm³/mol. The number of rotatable bonds is 6. The fraction of sp³-hybridized carbons (Fsp3) is 0.111. The molecule has 1 atom stereocenters. The van der Waals surface area contributed by atoms with Crippen LogP contribution in [0.25, 0.3) is 6.08 Å². The number of nitro benzene ring substituents is 1. The maximum Gasteiger partial charge on any atom is 0.321 e. The molecule has 0 amide bonds. The van der Waals surface area contributed by atoms with Gasteiger partial charge in [-0.3, -0.25) is 19.7 Å². The molecule has 6 nitrogen and oxygen atoms in total. The second kappa shape index (κ2) is 7.82. The Kier molecular flexibility index (Phi) is 5.57. The Bertz CT molecular complexity index is 783. The van der Waals surface area contributed by atoms with Crippen molar-refractivity contribution in [1.29, 1.82) is 0 Å². The Balaban J connectivity index is 2.33. The summed E-state index contributed by atoms with van der Waals surface area (Å²) >= 11 is 0. The Morgan fingerprint density at radius 2 is 1.83 bits per heavy atom. The zero-order valence-electron chi connectivity index (χ0n) is 12.9. The van der Waals surface area contributed by atoms with Crippen LogP contribution in [0.15, 0.2) is 60.7 Å². The first-order valence-electron chi connectivity index (χ1n) is 7.12. The summed E-state index contributed by atoms with van der Waals surface area (Å²) in [6, 6.07) is 14.5. The molecule has 0 bridgehead atoms. The van der Waals surface area contributed by atoms with Gasteiger partial charge in [-0.2, -0.15) is 0 Å². The maximum atomic E-state index is 12.4. The van der Waals surface area contributed by atoms with E-state index >= 15 is 0 Å². The van der Waals surface area contributed by atoms with Crippen molar-refractivity contribution in [3.8, 4) is 0 Å². The SMILES string of the molecule is COC(=O)C(C(=O)C=Cc1ccccc1)c1cccc([N+](=O)[O-])c1. The van der Waals surface area contributed by atoms with E-state index in [-0.39, 0.29) is 11.3 Å². The fourth-order valence-electron chi connectivity index (χ4n) is 2.19. The van der Waals surface area contributed by atoms with Crippen LogP contribution >= 0.6 is 0 Å². The highest BCUT2D eigenvalue weighted by Gasteiger charge is 2.28. The summed E-state index contributed by atoms with van der Waals surface area (Å²) < 4.78 is 4.68. The van der Waals surface area contributed by atoms with Crippen molar-refractivity contribution in [3.63, 3.8) is 0 Å². The summed E-state index contributed by atoms with van der Waals surface area (Å²) in [5.41, 5.74) is 0.827. The average molecular weight is 325 g/mol. The molecule has 0 heterocycles. The van der Waals surface area contributed by atoms with Crippen LogP contribution in [0.1, 0.15) is 17.0 Å². The lowest BCUT2D eigenvalue weighted by Gasteiger charge is -2.11. The zero-order valence-corrected chi connectivity index (χ0v) is 12.9. The number of hydrogen-bond acceptors (Lipinski definition) is 5. The van der Waals surface area contributed by atoms with Crippen molar-refractivity contribution in [3.05, 3.63) is 81.9 Å². The quantitative estimate of drug-likeness (QED) is 0.268. The third-order valence-corrected chi connectivity index (χ3v) is 3.38. The van der Waals surface area contributed by atoms with Gasteiger partial charge in [0.05, 0.1) is 12.0 Å². The van der Waals surface area contributed by atoms with Crippen LogP contribution in [0.2, 0.25) is 0 Å². The number of allylic oxidation sites excluding steroid dienone is 1. The van der Waals surface area contributed by atoms with Crippen LogP contribution in [-0.2, 0) is 14.3 Å². The molecule has 0 radical (unpaired) electrons. The number of esters is 1. The minimum absolute atomic E-state index is 0.193. The van der Waals surface area contributed by atoms with E-state index in [0.29, 0.717) is 0 Å². The Hall–Kier alpha value is -3.28. The predicted octanol–water partition coefficient (Wildman–Crippen LogP) is 3.13. The standard InChI is InChI=1S/C18H15NO5/c1-24-18(21)17(14-8-5-9-15(12-14)19(22)23)16(20)11-10-13-6-3-2-4-7-13/h2-12,17H,1H3. The highest BCUT2D eigenvalue weighted by atomic mass is 16.6. The number of nitro groups is 1. The number of non-ortho nitro benzene ring substituents is 1. The van der Waals surface area contributed by atoms with Crippen LogP contribution in [-0.4, -0.2) is 23.8 Å². The molecule has 0 aromatic heterocycles. The van der Waals surface area contributed by atoms with E-state index in [9.17, 15) is 19.7 Å². The molecular weight excluding hydrogens is 310 g/mol. The molecule has 0 spiro atoms. The Morgan fingerprint density at radius 3 is 2.46 bits per heavy atom. The van der Waals surface area contributed by atoms with Gasteiger partial charge in [0.2, 0.25) is 0 Å². The highest BCUT2D eigenvalue weighted by molar-refractivity contribution is 6.11. The van der Waals surface area contributed by atoms with Crippen LogP contribution in [0, 0.1) is 10.1 Å². The fourth-order valence-corrected chi connectivity index (χ4v) is 2.19. The summed E-state index contributed by atoms with van der Waals surface area (Å²) in [6.07, 6.45) is 2.85. The first-order chi connectivity index (χ1) is 11.5. The second-order valence-electron chi connectivity index (χ2n) is 4.95. The number of hydrogen-bond donors (Lipinski definition) is 0. The molecule has 0 saturated carbocycles. The lowest BCUT2D eigenvalue weighted by molar-refractivity contribution is -0.384. The lowest BCUT2D eigenvalue weighted by Crippen LogP contribution is -2.22. The summed E-state index contributed by atoms with van der Waals surface area (Å²) in [5, 5.41) is 10.9. The minimum atomic E-state index is -1.24. The molecule has 0 saturated heterocycles. The summed E-state index contributed by atoms with van der Waals surface area (Å²) in [5.74, 6) is -2.51. The summed E-state index contributed by atoms with van der Waals surface area (Å²) in [4.78, 5) is 34.7. The van der Waals surface area contributed by atoms with Crippen molar-refractivity contribution in [2.75, 3.05) is 7.11 Å². The van der Waals surface area contributed by atoms with Gasteiger partial charge in [0.25, 0.3) is 5.69 Å². The second-order valence-corrected chi connectivity index (χ2v) is 4.95. The molecule has 2 rings (SSSR count). The van der Waals surface area contributed by atoms with E-state index in [2.05, 4.69) is 4.74 Å². The molecule has 0 aliphatic carbocycles. The largest absolute Gasteiger partial charge is 0.468 e. The van der Waals surface area contributed by atoms with Gasteiger partial charge >= 0.3 is 5.97 Å². The van der Waals surface area contributed by atoms with E-state index in [1.54, 1.807) is 6.08 Å². The number of carbonyl (C=O) groups is 2. The minimum Gasteiger partial charge on any atom is -0.468 e. The number of methoxy groups -OCH3 is 1. The third kappa shape index (κ3) is 4.13. The van der Waals surface area contributed by atoms with Crippen molar-refractivity contribution in [2.45, 2.75) is 5.92 Å². The molecule has 1 unspecified atom stereocenters. The Labute approximate surface area is 138 Å². The lowest BCUT2D eigenvalue weighted by atomic mass is 9.93. The topological polar surface area (TPSA) is 86.5 Å². The monoisotopic (exact) mass is 325 g/mol. The van der Waals surface area contributed by atoms with E-state index in [1.165, 1.54) is 37.5 Å².